The van der Waals surface area contributed by atoms with Gasteiger partial charge in [-0.3, -0.25) is 4.79 Å². The van der Waals surface area contributed by atoms with Crippen molar-refractivity contribution in [1.29, 1.82) is 0 Å². The number of benzene rings is 2. The van der Waals surface area contributed by atoms with Gasteiger partial charge in [-0.2, -0.15) is 20.1 Å². The molecule has 5 rings (SSSR count). The monoisotopic (exact) mass is 438 g/mol. The van der Waals surface area contributed by atoms with Gasteiger partial charge in [-0.15, -0.1) is 0 Å². The average Bonchev–Trinajstić information content (AvgIpc) is 3.13. The summed E-state index contributed by atoms with van der Waals surface area (Å²) in [5.41, 5.74) is 10.3. The van der Waals surface area contributed by atoms with E-state index in [9.17, 15) is 4.79 Å². The number of hydrogen-bond acceptors (Lipinski definition) is 7. The van der Waals surface area contributed by atoms with Gasteiger partial charge in [0.15, 0.2) is 5.65 Å². The van der Waals surface area contributed by atoms with Crippen molar-refractivity contribution < 1.29 is 9.53 Å². The van der Waals surface area contributed by atoms with Crippen LogP contribution in [0.4, 0.5) is 11.5 Å². The molecule has 2 aromatic heterocycles. The van der Waals surface area contributed by atoms with E-state index < -0.39 is 5.92 Å². The van der Waals surface area contributed by atoms with E-state index in [2.05, 4.69) is 15.1 Å². The fraction of sp³-hybridized carbons (Fsp3) is 0.160. The Bertz CT molecular complexity index is 1370. The van der Waals surface area contributed by atoms with Crippen LogP contribution in [-0.4, -0.2) is 33.2 Å². The minimum absolute atomic E-state index is 0.153. The van der Waals surface area contributed by atoms with Gasteiger partial charge in [0.25, 0.3) is 5.91 Å². The largest absolute Gasteiger partial charge is 0.464 e. The number of pyridine rings is 1. The Labute approximate surface area is 190 Å². The maximum absolute atomic E-state index is 13.4. The maximum atomic E-state index is 13.4. The first kappa shape index (κ1) is 20.6. The minimum Gasteiger partial charge on any atom is -0.464 e. The summed E-state index contributed by atoms with van der Waals surface area (Å²) in [5, 5.41) is 6.57. The maximum Gasteiger partial charge on any atom is 0.320 e. The number of fused-ring (bicyclic) bond motifs is 1. The van der Waals surface area contributed by atoms with Crippen LogP contribution in [0.2, 0.25) is 0 Å². The van der Waals surface area contributed by atoms with E-state index in [4.69, 9.17) is 15.5 Å². The lowest BCUT2D eigenvalue weighted by Gasteiger charge is -2.16. The van der Waals surface area contributed by atoms with Crippen LogP contribution in [0, 0.1) is 0 Å². The zero-order valence-corrected chi connectivity index (χ0v) is 18.3. The van der Waals surface area contributed by atoms with Crippen molar-refractivity contribution in [2.45, 2.75) is 19.8 Å². The molecule has 3 heterocycles. The van der Waals surface area contributed by atoms with Crippen molar-refractivity contribution >= 4 is 34.2 Å². The van der Waals surface area contributed by atoms with Crippen molar-refractivity contribution in [3.05, 3.63) is 72.4 Å². The summed E-state index contributed by atoms with van der Waals surface area (Å²) >= 11 is 0. The molecule has 164 valence electrons. The third kappa shape index (κ3) is 3.65. The van der Waals surface area contributed by atoms with Gasteiger partial charge < -0.3 is 10.5 Å². The average molecular weight is 438 g/mol. The zero-order valence-electron chi connectivity index (χ0n) is 18.3. The van der Waals surface area contributed by atoms with Gasteiger partial charge in [0.1, 0.15) is 11.7 Å². The number of nitrogens with zero attached hydrogens (tertiary/aromatic N) is 5. The van der Waals surface area contributed by atoms with Crippen LogP contribution in [-0.2, 0) is 4.79 Å². The van der Waals surface area contributed by atoms with Gasteiger partial charge in [0.05, 0.1) is 29.1 Å². The second-order valence-electron chi connectivity index (χ2n) is 7.64. The van der Waals surface area contributed by atoms with E-state index >= 15 is 0 Å². The second kappa shape index (κ2) is 8.31. The fourth-order valence-electron chi connectivity index (χ4n) is 4.01. The third-order valence-corrected chi connectivity index (χ3v) is 5.48. The van der Waals surface area contributed by atoms with Gasteiger partial charge in [-0.1, -0.05) is 48.5 Å². The van der Waals surface area contributed by atoms with E-state index in [1.807, 2.05) is 80.6 Å². The highest BCUT2D eigenvalue weighted by Gasteiger charge is 2.37. The van der Waals surface area contributed by atoms with Gasteiger partial charge in [0.2, 0.25) is 0 Å². The highest BCUT2D eigenvalue weighted by Crippen LogP contribution is 2.36. The lowest BCUT2D eigenvalue weighted by atomic mass is 9.94. The normalized spacial score (nSPS) is 15.7. The molecule has 0 bridgehead atoms. The predicted octanol–water partition coefficient (Wildman–Crippen LogP) is 4.18. The molecular weight excluding hydrogens is 416 g/mol. The Morgan fingerprint density at radius 2 is 1.70 bits per heavy atom. The Kier molecular flexibility index (Phi) is 5.18. The van der Waals surface area contributed by atoms with Gasteiger partial charge in [-0.05, 0) is 43.2 Å². The van der Waals surface area contributed by atoms with Crippen molar-refractivity contribution in [3.8, 4) is 17.1 Å². The van der Waals surface area contributed by atoms with Crippen LogP contribution < -0.4 is 15.5 Å². The first-order chi connectivity index (χ1) is 16.1. The molecule has 4 aromatic rings. The highest BCUT2D eigenvalue weighted by atomic mass is 16.5. The van der Waals surface area contributed by atoms with E-state index in [1.54, 1.807) is 0 Å². The zero-order chi connectivity index (χ0) is 22.9. The first-order valence-electron chi connectivity index (χ1n) is 10.7. The van der Waals surface area contributed by atoms with Gasteiger partial charge >= 0.3 is 6.01 Å². The Balaban J connectivity index is 1.69. The molecule has 8 heteroatoms. The summed E-state index contributed by atoms with van der Waals surface area (Å²) in [5.74, 6) is -0.532. The molecule has 0 spiro atoms. The summed E-state index contributed by atoms with van der Waals surface area (Å²) in [7, 11) is 0. The molecule has 0 aliphatic carbocycles. The number of carbonyl (C=O) groups is 1. The molecule has 0 fully saturated rings. The van der Waals surface area contributed by atoms with E-state index in [0.717, 1.165) is 11.1 Å². The fourth-order valence-corrected chi connectivity index (χ4v) is 4.01. The summed E-state index contributed by atoms with van der Waals surface area (Å²) in [6.45, 7) is 4.08. The summed E-state index contributed by atoms with van der Waals surface area (Å²) < 4.78 is 5.48. The Morgan fingerprint density at radius 1 is 1.00 bits per heavy atom. The smallest absolute Gasteiger partial charge is 0.320 e. The van der Waals surface area contributed by atoms with E-state index in [-0.39, 0.29) is 17.7 Å². The van der Waals surface area contributed by atoms with Crippen molar-refractivity contribution in [3.63, 3.8) is 0 Å². The summed E-state index contributed by atoms with van der Waals surface area (Å²) in [6, 6.07) is 21.2. The molecular formula is C25H22N6O2. The number of rotatable bonds is 5. The predicted molar refractivity (Wildman–Crippen MR) is 128 cm³/mol. The number of nitrogen functional groups attached to an aromatic ring is 1. The number of hydrazone groups is 1. The second-order valence-corrected chi connectivity index (χ2v) is 7.64. The molecule has 0 saturated heterocycles. The lowest BCUT2D eigenvalue weighted by molar-refractivity contribution is -0.118. The van der Waals surface area contributed by atoms with E-state index in [0.29, 0.717) is 34.7 Å². The quantitative estimate of drug-likeness (QED) is 0.501. The van der Waals surface area contributed by atoms with Crippen LogP contribution in [0.5, 0.6) is 6.01 Å². The molecule has 2 aromatic carbocycles. The minimum atomic E-state index is -0.635. The SMILES string of the molecule is CCOc1nc(N)c2c(-c3ccccc3)cc(C3C(=O)N(c4ccccc4)N=C3C)nc2n1. The third-order valence-electron chi connectivity index (χ3n) is 5.48. The number of para-hydroxylation sites is 1. The number of carbonyl (C=O) groups excluding carboxylic acids is 1. The molecule has 8 nitrogen and oxygen atoms in total. The van der Waals surface area contributed by atoms with Crippen molar-refractivity contribution in [2.75, 3.05) is 17.3 Å². The number of aromatic nitrogens is 3. The van der Waals surface area contributed by atoms with Crippen LogP contribution in [0.15, 0.2) is 71.8 Å². The van der Waals surface area contributed by atoms with Crippen LogP contribution in [0.1, 0.15) is 25.5 Å². The Hall–Kier alpha value is -4.33. The molecule has 33 heavy (non-hydrogen) atoms. The first-order valence-corrected chi connectivity index (χ1v) is 10.7. The summed E-state index contributed by atoms with van der Waals surface area (Å²) in [4.78, 5) is 26.9. The van der Waals surface area contributed by atoms with Crippen molar-refractivity contribution in [2.24, 2.45) is 5.10 Å². The molecule has 0 saturated carbocycles. The van der Waals surface area contributed by atoms with Crippen LogP contribution in [0.25, 0.3) is 22.2 Å². The molecule has 1 aliphatic heterocycles. The molecule has 1 aliphatic rings. The van der Waals surface area contributed by atoms with Crippen LogP contribution in [0.3, 0.4) is 0 Å². The van der Waals surface area contributed by atoms with Gasteiger partial charge in [-0.25, -0.2) is 4.98 Å². The topological polar surface area (TPSA) is 107 Å². The molecule has 1 amide bonds. The molecule has 0 radical (unpaired) electrons. The lowest BCUT2D eigenvalue weighted by Crippen LogP contribution is -2.26. The number of anilines is 2. The number of ether oxygens (including phenoxy) is 1. The van der Waals surface area contributed by atoms with Crippen LogP contribution >= 0.6 is 0 Å². The van der Waals surface area contributed by atoms with Crippen molar-refractivity contribution in [1.82, 2.24) is 15.0 Å². The van der Waals surface area contributed by atoms with Gasteiger partial charge in [0, 0.05) is 0 Å². The van der Waals surface area contributed by atoms with E-state index in [1.165, 1.54) is 5.01 Å². The molecule has 1 atom stereocenters. The molecule has 2 N–H and O–H groups in total. The molecule has 1 unspecified atom stereocenters. The highest BCUT2D eigenvalue weighted by molar-refractivity contribution is 6.19. The number of hydrogen-bond donors (Lipinski definition) is 1. The number of amides is 1. The summed E-state index contributed by atoms with van der Waals surface area (Å²) in [6.07, 6.45) is 0. The Morgan fingerprint density at radius 3 is 2.39 bits per heavy atom. The number of nitrogens with two attached hydrogens (primary N) is 1. The standard InChI is InChI=1S/C25H22N6O2/c1-3-33-25-28-22(26)21-18(16-10-6-4-7-11-16)14-19(27-23(21)29-25)20-15(2)30-31(24(20)32)17-12-8-5-9-13-17/h4-14,20H,3H2,1-2H3,(H2,26,27,28,29).